The molecule has 0 radical (unpaired) electrons. The molecule has 160 valence electrons. The van der Waals surface area contributed by atoms with Gasteiger partial charge in [-0.15, -0.1) is 0 Å². The van der Waals surface area contributed by atoms with Crippen LogP contribution < -0.4 is 0 Å². The van der Waals surface area contributed by atoms with Crippen molar-refractivity contribution in [3.05, 3.63) is 0 Å². The molecule has 2 heterocycles. The van der Waals surface area contributed by atoms with Gasteiger partial charge in [0.05, 0.1) is 49.5 Å². The van der Waals surface area contributed by atoms with Crippen LogP contribution in [0.1, 0.15) is 60.8 Å². The first-order chi connectivity index (χ1) is 13.1. The van der Waals surface area contributed by atoms with Gasteiger partial charge in [-0.2, -0.15) is 0 Å². The Hall–Kier alpha value is -1.14. The van der Waals surface area contributed by atoms with Crippen molar-refractivity contribution in [2.75, 3.05) is 13.2 Å². The molecule has 2 saturated heterocycles. The van der Waals surface area contributed by atoms with Crippen LogP contribution in [0.25, 0.3) is 0 Å². The molecule has 0 amide bonds. The van der Waals surface area contributed by atoms with Gasteiger partial charge >= 0.3 is 11.9 Å². The summed E-state index contributed by atoms with van der Waals surface area (Å²) in [5, 5.41) is 0. The van der Waals surface area contributed by atoms with Crippen LogP contribution in [-0.4, -0.2) is 49.6 Å². The number of fused-ring (bicyclic) bond motifs is 1. The Morgan fingerprint density at radius 3 is 2.29 bits per heavy atom. The maximum absolute atomic E-state index is 12.5. The van der Waals surface area contributed by atoms with Gasteiger partial charge in [0, 0.05) is 5.41 Å². The summed E-state index contributed by atoms with van der Waals surface area (Å²) >= 11 is 0. The molecular formula is C22H36O6. The Morgan fingerprint density at radius 1 is 1.04 bits per heavy atom. The number of carbonyl (C=O) groups is 2. The topological polar surface area (TPSA) is 77.7 Å². The summed E-state index contributed by atoms with van der Waals surface area (Å²) in [4.78, 5) is 24.9. The lowest BCUT2D eigenvalue weighted by Crippen LogP contribution is -2.35. The van der Waals surface area contributed by atoms with Crippen LogP contribution >= 0.6 is 0 Å². The molecule has 3 fully saturated rings. The number of epoxide rings is 2. The zero-order chi connectivity index (χ0) is 20.6. The van der Waals surface area contributed by atoms with Crippen molar-refractivity contribution in [3.8, 4) is 0 Å². The largest absolute Gasteiger partial charge is 0.465 e. The van der Waals surface area contributed by atoms with Gasteiger partial charge in [0.15, 0.2) is 0 Å². The smallest absolute Gasteiger partial charge is 0.309 e. The minimum Gasteiger partial charge on any atom is -0.465 e. The van der Waals surface area contributed by atoms with Gasteiger partial charge in [-0.05, 0) is 38.0 Å². The Balaban J connectivity index is 1.38. The highest BCUT2D eigenvalue weighted by atomic mass is 16.6. The molecule has 0 spiro atoms. The van der Waals surface area contributed by atoms with Crippen LogP contribution in [0.15, 0.2) is 0 Å². The minimum atomic E-state index is -0.418. The van der Waals surface area contributed by atoms with Crippen LogP contribution in [0.3, 0.4) is 0 Å². The molecule has 0 aromatic carbocycles. The maximum atomic E-state index is 12.5. The molecule has 6 heteroatoms. The summed E-state index contributed by atoms with van der Waals surface area (Å²) in [6.45, 7) is 12.5. The normalized spacial score (nSPS) is 36.1. The van der Waals surface area contributed by atoms with Crippen molar-refractivity contribution in [2.24, 2.45) is 29.1 Å². The predicted octanol–water partition coefficient (Wildman–Crippen LogP) is 3.36. The molecule has 0 aromatic rings. The van der Waals surface area contributed by atoms with Gasteiger partial charge < -0.3 is 18.9 Å². The fourth-order valence-corrected chi connectivity index (χ4v) is 4.03. The van der Waals surface area contributed by atoms with E-state index in [1.54, 1.807) is 0 Å². The van der Waals surface area contributed by atoms with E-state index in [-0.39, 0.29) is 61.0 Å². The van der Waals surface area contributed by atoms with Gasteiger partial charge in [-0.25, -0.2) is 0 Å². The monoisotopic (exact) mass is 396 g/mol. The van der Waals surface area contributed by atoms with E-state index in [2.05, 4.69) is 13.8 Å². The van der Waals surface area contributed by atoms with E-state index in [4.69, 9.17) is 18.9 Å². The molecule has 28 heavy (non-hydrogen) atoms. The second-order valence-corrected chi connectivity index (χ2v) is 10.0. The van der Waals surface area contributed by atoms with E-state index in [9.17, 15) is 9.59 Å². The lowest BCUT2D eigenvalue weighted by Gasteiger charge is -2.28. The molecule has 6 nitrogen and oxygen atoms in total. The highest BCUT2D eigenvalue weighted by molar-refractivity contribution is 5.73. The van der Waals surface area contributed by atoms with Gasteiger partial charge in [0.2, 0.25) is 0 Å². The number of hydrogen-bond donors (Lipinski definition) is 0. The van der Waals surface area contributed by atoms with E-state index in [0.717, 1.165) is 19.3 Å². The number of rotatable bonds is 9. The number of ether oxygens (including phenoxy) is 4. The van der Waals surface area contributed by atoms with Crippen molar-refractivity contribution < 1.29 is 28.5 Å². The Morgan fingerprint density at radius 2 is 1.64 bits per heavy atom. The van der Waals surface area contributed by atoms with Crippen LogP contribution in [0, 0.1) is 29.1 Å². The fourth-order valence-electron chi connectivity index (χ4n) is 4.03. The number of esters is 2. The molecule has 3 aliphatic rings. The molecule has 8 unspecified atom stereocenters. The summed E-state index contributed by atoms with van der Waals surface area (Å²) in [5.74, 6) is -0.110. The molecule has 0 N–H and O–H groups in total. The summed E-state index contributed by atoms with van der Waals surface area (Å²) in [6.07, 6.45) is 3.77. The van der Waals surface area contributed by atoms with Gasteiger partial charge in [0.1, 0.15) is 0 Å². The van der Waals surface area contributed by atoms with Crippen LogP contribution in [-0.2, 0) is 28.5 Å². The molecule has 1 aliphatic carbocycles. The quantitative estimate of drug-likeness (QED) is 0.439. The molecule has 1 saturated carbocycles. The standard InChI is InChI=1S/C22H36O6/c1-12(7-17-15(4)27-17)14(3)20(23)25-10-22(5,6)11-26-21(24)16-9-19-18(28-19)8-13(16)2/h12-19H,7-11H2,1-6H3. The highest BCUT2D eigenvalue weighted by Gasteiger charge is 2.49. The fraction of sp³-hybridized carbons (Fsp3) is 0.909. The van der Waals surface area contributed by atoms with Gasteiger partial charge in [-0.3, -0.25) is 9.59 Å². The van der Waals surface area contributed by atoms with E-state index in [1.807, 2.05) is 27.7 Å². The second-order valence-electron chi connectivity index (χ2n) is 10.0. The summed E-state index contributed by atoms with van der Waals surface area (Å²) in [7, 11) is 0. The molecule has 3 rings (SSSR count). The van der Waals surface area contributed by atoms with E-state index in [1.165, 1.54) is 0 Å². The summed E-state index contributed by atoms with van der Waals surface area (Å²) in [5.41, 5.74) is -0.418. The van der Waals surface area contributed by atoms with Crippen LogP contribution in [0.5, 0.6) is 0 Å². The summed E-state index contributed by atoms with van der Waals surface area (Å²) in [6, 6.07) is 0. The first-order valence-corrected chi connectivity index (χ1v) is 10.7. The predicted molar refractivity (Wildman–Crippen MR) is 104 cm³/mol. The number of hydrogen-bond acceptors (Lipinski definition) is 6. The van der Waals surface area contributed by atoms with E-state index >= 15 is 0 Å². The molecule has 2 aliphatic heterocycles. The van der Waals surface area contributed by atoms with Crippen LogP contribution in [0.2, 0.25) is 0 Å². The Kier molecular flexibility index (Phi) is 6.40. The zero-order valence-electron chi connectivity index (χ0n) is 18.1. The third kappa shape index (κ3) is 5.47. The second kappa shape index (κ2) is 8.31. The SMILES string of the molecule is CC(CC1OC1C)C(C)C(=O)OCC(C)(C)COC(=O)C1CC2OC2CC1C. The molecule has 0 bridgehead atoms. The minimum absolute atomic E-state index is 0.0880. The van der Waals surface area contributed by atoms with Crippen molar-refractivity contribution in [1.82, 2.24) is 0 Å². The average Bonchev–Trinajstić information content (AvgIpc) is 3.54. The summed E-state index contributed by atoms with van der Waals surface area (Å²) < 4.78 is 22.1. The zero-order valence-corrected chi connectivity index (χ0v) is 18.1. The van der Waals surface area contributed by atoms with Gasteiger partial charge in [-0.1, -0.05) is 34.6 Å². The maximum Gasteiger partial charge on any atom is 0.309 e. The van der Waals surface area contributed by atoms with Crippen molar-refractivity contribution in [3.63, 3.8) is 0 Å². The molecule has 8 atom stereocenters. The third-order valence-corrected chi connectivity index (χ3v) is 6.64. The van der Waals surface area contributed by atoms with Gasteiger partial charge in [0.25, 0.3) is 0 Å². The number of carbonyl (C=O) groups excluding carboxylic acids is 2. The molecular weight excluding hydrogens is 360 g/mol. The Bertz CT molecular complexity index is 588. The molecule has 0 aromatic heterocycles. The van der Waals surface area contributed by atoms with E-state index in [0.29, 0.717) is 12.2 Å². The van der Waals surface area contributed by atoms with Crippen molar-refractivity contribution in [1.29, 1.82) is 0 Å². The third-order valence-electron chi connectivity index (χ3n) is 6.64. The Labute approximate surface area is 168 Å². The lowest BCUT2D eigenvalue weighted by atomic mass is 9.80. The van der Waals surface area contributed by atoms with E-state index < -0.39 is 5.41 Å². The highest BCUT2D eigenvalue weighted by Crippen LogP contribution is 2.43. The lowest BCUT2D eigenvalue weighted by molar-refractivity contribution is -0.159. The average molecular weight is 397 g/mol. The first kappa shape index (κ1) is 21.6. The first-order valence-electron chi connectivity index (χ1n) is 10.7. The van der Waals surface area contributed by atoms with Crippen molar-refractivity contribution >= 4 is 11.9 Å². The van der Waals surface area contributed by atoms with Crippen LogP contribution in [0.4, 0.5) is 0 Å². The van der Waals surface area contributed by atoms with Crippen molar-refractivity contribution in [2.45, 2.75) is 85.2 Å².